The standard InChI is InChI=1S/C16H16N6O4/c1-3-26-16(24)11-8-18-22-13(17)12(20-21-14(11)22)15(23)19-9-4-6-10(25-2)7-5-9/h4-8H,3,17H2,1-2H3,(H,19,23). The zero-order valence-corrected chi connectivity index (χ0v) is 14.1. The van der Waals surface area contributed by atoms with E-state index in [-0.39, 0.29) is 29.3 Å². The number of ether oxygens (including phenoxy) is 2. The Balaban J connectivity index is 1.89. The van der Waals surface area contributed by atoms with Gasteiger partial charge in [-0.25, -0.2) is 4.79 Å². The molecule has 3 rings (SSSR count). The lowest BCUT2D eigenvalue weighted by molar-refractivity contribution is 0.0528. The quantitative estimate of drug-likeness (QED) is 0.650. The van der Waals surface area contributed by atoms with Gasteiger partial charge in [0.1, 0.15) is 11.3 Å². The maximum Gasteiger partial charge on any atom is 0.343 e. The van der Waals surface area contributed by atoms with Crippen LogP contribution in [-0.2, 0) is 4.74 Å². The minimum atomic E-state index is -0.591. The summed E-state index contributed by atoms with van der Waals surface area (Å²) >= 11 is 0. The predicted molar refractivity (Wildman–Crippen MR) is 92.1 cm³/mol. The molecular weight excluding hydrogens is 340 g/mol. The number of fused-ring (bicyclic) bond motifs is 1. The number of carbonyl (C=O) groups excluding carboxylic acids is 2. The van der Waals surface area contributed by atoms with E-state index in [4.69, 9.17) is 15.2 Å². The molecule has 1 amide bonds. The van der Waals surface area contributed by atoms with E-state index in [9.17, 15) is 9.59 Å². The molecule has 0 unspecified atom stereocenters. The Hall–Kier alpha value is -3.69. The van der Waals surface area contributed by atoms with Crippen molar-refractivity contribution in [2.24, 2.45) is 0 Å². The molecule has 0 saturated heterocycles. The zero-order valence-electron chi connectivity index (χ0n) is 14.1. The number of carbonyl (C=O) groups is 2. The van der Waals surface area contributed by atoms with Crippen molar-refractivity contribution in [1.29, 1.82) is 0 Å². The molecular formula is C16H16N6O4. The first kappa shape index (κ1) is 17.1. The summed E-state index contributed by atoms with van der Waals surface area (Å²) in [6, 6.07) is 6.75. The van der Waals surface area contributed by atoms with E-state index < -0.39 is 11.9 Å². The van der Waals surface area contributed by atoms with Crippen LogP contribution in [0.15, 0.2) is 30.5 Å². The molecule has 3 N–H and O–H groups in total. The first-order chi connectivity index (χ1) is 12.5. The number of hydrogen-bond donors (Lipinski definition) is 2. The summed E-state index contributed by atoms with van der Waals surface area (Å²) in [6.45, 7) is 1.90. The largest absolute Gasteiger partial charge is 0.497 e. The molecule has 2 aromatic heterocycles. The first-order valence-corrected chi connectivity index (χ1v) is 7.67. The third kappa shape index (κ3) is 3.11. The van der Waals surface area contributed by atoms with Crippen LogP contribution in [0.1, 0.15) is 27.8 Å². The van der Waals surface area contributed by atoms with Crippen LogP contribution >= 0.6 is 0 Å². The number of nitrogens with two attached hydrogens (primary N) is 1. The molecule has 3 aromatic rings. The van der Waals surface area contributed by atoms with Crippen LogP contribution in [0.2, 0.25) is 0 Å². The molecule has 0 fully saturated rings. The van der Waals surface area contributed by atoms with Crippen molar-refractivity contribution in [2.75, 3.05) is 24.8 Å². The number of nitrogens with one attached hydrogen (secondary N) is 1. The number of amides is 1. The number of benzene rings is 1. The monoisotopic (exact) mass is 356 g/mol. The van der Waals surface area contributed by atoms with Crippen LogP contribution in [0, 0.1) is 0 Å². The van der Waals surface area contributed by atoms with Gasteiger partial charge in [0, 0.05) is 5.69 Å². The van der Waals surface area contributed by atoms with Crippen LogP contribution in [0.3, 0.4) is 0 Å². The molecule has 10 nitrogen and oxygen atoms in total. The van der Waals surface area contributed by atoms with Gasteiger partial charge in [0.05, 0.1) is 19.9 Å². The highest BCUT2D eigenvalue weighted by Crippen LogP contribution is 2.18. The molecule has 0 aliphatic heterocycles. The third-order valence-corrected chi connectivity index (χ3v) is 3.52. The molecule has 1 aromatic carbocycles. The Morgan fingerprint density at radius 3 is 2.62 bits per heavy atom. The number of hydrogen-bond acceptors (Lipinski definition) is 8. The second-order valence-corrected chi connectivity index (χ2v) is 5.13. The maximum absolute atomic E-state index is 12.4. The van der Waals surface area contributed by atoms with Crippen LogP contribution < -0.4 is 15.8 Å². The van der Waals surface area contributed by atoms with Crippen molar-refractivity contribution < 1.29 is 19.1 Å². The highest BCUT2D eigenvalue weighted by Gasteiger charge is 2.21. The summed E-state index contributed by atoms with van der Waals surface area (Å²) in [4.78, 5) is 24.3. The van der Waals surface area contributed by atoms with Gasteiger partial charge in [0.15, 0.2) is 17.2 Å². The molecule has 2 heterocycles. The average molecular weight is 356 g/mol. The normalized spacial score (nSPS) is 10.5. The van der Waals surface area contributed by atoms with Crippen molar-refractivity contribution in [3.8, 4) is 5.75 Å². The Morgan fingerprint density at radius 1 is 1.23 bits per heavy atom. The van der Waals surface area contributed by atoms with Gasteiger partial charge in [0.25, 0.3) is 5.91 Å². The number of anilines is 2. The van der Waals surface area contributed by atoms with E-state index in [0.717, 1.165) is 0 Å². The number of esters is 1. The van der Waals surface area contributed by atoms with Crippen LogP contribution in [0.4, 0.5) is 11.5 Å². The smallest absolute Gasteiger partial charge is 0.343 e. The fraction of sp³-hybridized carbons (Fsp3) is 0.188. The van der Waals surface area contributed by atoms with Crippen molar-refractivity contribution in [1.82, 2.24) is 19.8 Å². The molecule has 134 valence electrons. The topological polar surface area (TPSA) is 134 Å². The van der Waals surface area contributed by atoms with E-state index in [1.807, 2.05) is 0 Å². The summed E-state index contributed by atoms with van der Waals surface area (Å²) in [7, 11) is 1.55. The first-order valence-electron chi connectivity index (χ1n) is 7.67. The van der Waals surface area contributed by atoms with Gasteiger partial charge in [-0.2, -0.15) is 9.61 Å². The van der Waals surface area contributed by atoms with E-state index in [2.05, 4.69) is 20.6 Å². The lowest BCUT2D eigenvalue weighted by Gasteiger charge is -2.08. The number of rotatable bonds is 5. The van der Waals surface area contributed by atoms with Crippen molar-refractivity contribution in [3.63, 3.8) is 0 Å². The fourth-order valence-electron chi connectivity index (χ4n) is 2.24. The van der Waals surface area contributed by atoms with Gasteiger partial charge in [-0.1, -0.05) is 0 Å². The molecule has 0 radical (unpaired) electrons. The number of aromatic nitrogens is 4. The summed E-state index contributed by atoms with van der Waals surface area (Å²) < 4.78 is 11.1. The molecule has 0 atom stereocenters. The molecule has 0 spiro atoms. The van der Waals surface area contributed by atoms with E-state index in [1.165, 1.54) is 10.7 Å². The molecule has 0 saturated carbocycles. The lowest BCUT2D eigenvalue weighted by Crippen LogP contribution is -2.19. The second-order valence-electron chi connectivity index (χ2n) is 5.13. The Labute approximate surface area is 147 Å². The molecule has 0 aliphatic carbocycles. The fourth-order valence-corrected chi connectivity index (χ4v) is 2.24. The van der Waals surface area contributed by atoms with Crippen LogP contribution in [0.5, 0.6) is 5.75 Å². The molecule has 0 aliphatic rings. The highest BCUT2D eigenvalue weighted by molar-refractivity contribution is 6.06. The minimum absolute atomic E-state index is 0.0449. The highest BCUT2D eigenvalue weighted by atomic mass is 16.5. The predicted octanol–water partition coefficient (Wildman–Crippen LogP) is 1.14. The van der Waals surface area contributed by atoms with Crippen molar-refractivity contribution >= 4 is 29.0 Å². The summed E-state index contributed by atoms with van der Waals surface area (Å²) in [6.07, 6.45) is 1.27. The zero-order chi connectivity index (χ0) is 18.7. The Morgan fingerprint density at radius 2 is 1.96 bits per heavy atom. The van der Waals surface area contributed by atoms with Gasteiger partial charge in [-0.3, -0.25) is 4.79 Å². The van der Waals surface area contributed by atoms with Gasteiger partial charge in [-0.05, 0) is 31.2 Å². The number of nitrogens with zero attached hydrogens (tertiary/aromatic N) is 4. The summed E-state index contributed by atoms with van der Waals surface area (Å²) in [5, 5.41) is 14.4. The third-order valence-electron chi connectivity index (χ3n) is 3.52. The molecule has 26 heavy (non-hydrogen) atoms. The maximum atomic E-state index is 12.4. The Bertz CT molecular complexity index is 967. The summed E-state index contributed by atoms with van der Waals surface area (Å²) in [5.74, 6) is -0.537. The molecule has 10 heteroatoms. The van der Waals surface area contributed by atoms with Gasteiger partial charge >= 0.3 is 5.97 Å². The number of methoxy groups -OCH3 is 1. The molecule has 0 bridgehead atoms. The van der Waals surface area contributed by atoms with Gasteiger partial charge < -0.3 is 20.5 Å². The van der Waals surface area contributed by atoms with Crippen molar-refractivity contribution in [2.45, 2.75) is 6.92 Å². The second kappa shape index (κ2) is 7.05. The van der Waals surface area contributed by atoms with Gasteiger partial charge in [0.2, 0.25) is 0 Å². The SMILES string of the molecule is CCOC(=O)c1cnn2c(N)c(C(=O)Nc3ccc(OC)cc3)nnc12. The van der Waals surface area contributed by atoms with Gasteiger partial charge in [-0.15, -0.1) is 10.2 Å². The van der Waals surface area contributed by atoms with Crippen LogP contribution in [-0.4, -0.2) is 45.4 Å². The van der Waals surface area contributed by atoms with Crippen molar-refractivity contribution in [3.05, 3.63) is 41.7 Å². The van der Waals surface area contributed by atoms with E-state index >= 15 is 0 Å². The summed E-state index contributed by atoms with van der Waals surface area (Å²) in [5.41, 5.74) is 6.62. The van der Waals surface area contributed by atoms with Crippen LogP contribution in [0.25, 0.3) is 5.65 Å². The lowest BCUT2D eigenvalue weighted by atomic mass is 10.3. The van der Waals surface area contributed by atoms with E-state index in [1.54, 1.807) is 38.3 Å². The minimum Gasteiger partial charge on any atom is -0.497 e. The Kier molecular flexibility index (Phi) is 4.65. The average Bonchev–Trinajstić information content (AvgIpc) is 3.08. The number of nitrogen functional groups attached to an aromatic ring is 1. The van der Waals surface area contributed by atoms with E-state index in [0.29, 0.717) is 11.4 Å².